The summed E-state index contributed by atoms with van der Waals surface area (Å²) in [5.41, 5.74) is 3.45. The number of benzene rings is 2. The summed E-state index contributed by atoms with van der Waals surface area (Å²) in [6.07, 6.45) is 0. The second-order valence-corrected chi connectivity index (χ2v) is 8.36. The smallest absolute Gasteiger partial charge is 0.225 e. The molecule has 2 aromatic carbocycles. The van der Waals surface area contributed by atoms with E-state index in [2.05, 4.69) is 33.9 Å². The molecule has 0 aliphatic rings. The fourth-order valence-corrected chi connectivity index (χ4v) is 4.62. The van der Waals surface area contributed by atoms with Gasteiger partial charge in [-0.1, -0.05) is 54.1 Å². The minimum atomic E-state index is 0.265. The maximum atomic E-state index is 6.24. The molecule has 2 heterocycles. The molecule has 3 nitrogen and oxygen atoms in total. The van der Waals surface area contributed by atoms with Crippen LogP contribution in [0.3, 0.4) is 0 Å². The maximum Gasteiger partial charge on any atom is 0.225 e. The summed E-state index contributed by atoms with van der Waals surface area (Å²) in [4.78, 5) is 13.2. The van der Waals surface area contributed by atoms with Gasteiger partial charge in [0.2, 0.25) is 5.28 Å². The van der Waals surface area contributed by atoms with Crippen molar-refractivity contribution >= 4 is 50.6 Å². The van der Waals surface area contributed by atoms with Gasteiger partial charge >= 0.3 is 0 Å². The quantitative estimate of drug-likeness (QED) is 0.352. The van der Waals surface area contributed by atoms with Crippen LogP contribution < -0.4 is 4.90 Å². The van der Waals surface area contributed by atoms with Gasteiger partial charge in [-0.3, -0.25) is 0 Å². The number of hydrogen-bond donors (Lipinski definition) is 0. The molecule has 0 bridgehead atoms. The predicted octanol–water partition coefficient (Wildman–Crippen LogP) is 6.61. The molecule has 0 aliphatic carbocycles. The SMILES string of the molecule is Cc1sc2nc(Cl)nc(N(C)Cc3ccccc3)c2c1-c1ccc(Cl)cc1. The highest BCUT2D eigenvalue weighted by atomic mass is 35.5. The molecule has 0 aliphatic heterocycles. The van der Waals surface area contributed by atoms with Gasteiger partial charge in [0.05, 0.1) is 5.39 Å². The molecular weight excluding hydrogens is 397 g/mol. The number of fused-ring (bicyclic) bond motifs is 1. The highest BCUT2D eigenvalue weighted by Gasteiger charge is 2.20. The van der Waals surface area contributed by atoms with E-state index >= 15 is 0 Å². The summed E-state index contributed by atoms with van der Waals surface area (Å²) < 4.78 is 0. The van der Waals surface area contributed by atoms with Crippen molar-refractivity contribution in [3.63, 3.8) is 0 Å². The Hall–Kier alpha value is -2.14. The second-order valence-electron chi connectivity index (χ2n) is 6.38. The van der Waals surface area contributed by atoms with Crippen LogP contribution in [0.4, 0.5) is 5.82 Å². The second kappa shape index (κ2) is 7.47. The Bertz CT molecular complexity index is 1090. The van der Waals surface area contributed by atoms with E-state index in [1.54, 1.807) is 11.3 Å². The number of halogens is 2. The lowest BCUT2D eigenvalue weighted by atomic mass is 10.0. The van der Waals surface area contributed by atoms with Gasteiger partial charge in [0.15, 0.2) is 0 Å². The van der Waals surface area contributed by atoms with Crippen LogP contribution in [0, 0.1) is 6.92 Å². The number of aromatic nitrogens is 2. The molecule has 0 radical (unpaired) electrons. The molecule has 4 aromatic rings. The molecule has 136 valence electrons. The number of nitrogens with zero attached hydrogens (tertiary/aromatic N) is 3. The average molecular weight is 414 g/mol. The van der Waals surface area contributed by atoms with Crippen LogP contribution in [0.25, 0.3) is 21.3 Å². The summed E-state index contributed by atoms with van der Waals surface area (Å²) in [5.74, 6) is 0.836. The number of thiophene rings is 1. The Morgan fingerprint density at radius 1 is 0.963 bits per heavy atom. The molecule has 6 heteroatoms. The van der Waals surface area contributed by atoms with Crippen molar-refractivity contribution in [3.8, 4) is 11.1 Å². The van der Waals surface area contributed by atoms with Crippen LogP contribution in [-0.2, 0) is 6.54 Å². The zero-order valence-electron chi connectivity index (χ0n) is 14.9. The normalized spacial score (nSPS) is 11.1. The monoisotopic (exact) mass is 413 g/mol. The topological polar surface area (TPSA) is 29.0 Å². The van der Waals surface area contributed by atoms with E-state index in [1.807, 2.05) is 49.5 Å². The van der Waals surface area contributed by atoms with E-state index < -0.39 is 0 Å². The van der Waals surface area contributed by atoms with Crippen LogP contribution in [0.1, 0.15) is 10.4 Å². The third-order valence-corrected chi connectivity index (χ3v) is 5.86. The number of rotatable bonds is 4. The molecule has 0 fully saturated rings. The fourth-order valence-electron chi connectivity index (χ4n) is 3.24. The van der Waals surface area contributed by atoms with E-state index in [9.17, 15) is 0 Å². The third-order valence-electron chi connectivity index (χ3n) is 4.44. The maximum absolute atomic E-state index is 6.24. The van der Waals surface area contributed by atoms with Crippen LogP contribution in [0.2, 0.25) is 10.3 Å². The standard InChI is InChI=1S/C21H17Cl2N3S/c1-13-17(15-8-10-16(22)11-9-15)18-19(24-21(23)25-20(18)27-13)26(2)12-14-6-4-3-5-7-14/h3-11H,12H2,1-2H3. The number of aryl methyl sites for hydroxylation is 1. The van der Waals surface area contributed by atoms with Crippen LogP contribution in [0.15, 0.2) is 54.6 Å². The molecule has 2 aromatic heterocycles. The Balaban J connectivity index is 1.88. The minimum Gasteiger partial charge on any atom is -0.355 e. The van der Waals surface area contributed by atoms with Gasteiger partial charge < -0.3 is 4.90 Å². The van der Waals surface area contributed by atoms with Crippen molar-refractivity contribution in [1.29, 1.82) is 0 Å². The highest BCUT2D eigenvalue weighted by Crippen LogP contribution is 2.42. The van der Waals surface area contributed by atoms with E-state index in [1.165, 1.54) is 10.4 Å². The predicted molar refractivity (Wildman–Crippen MR) is 116 cm³/mol. The largest absolute Gasteiger partial charge is 0.355 e. The molecule has 27 heavy (non-hydrogen) atoms. The molecule has 0 saturated carbocycles. The van der Waals surface area contributed by atoms with Crippen molar-refractivity contribution in [2.75, 3.05) is 11.9 Å². The van der Waals surface area contributed by atoms with Crippen LogP contribution in [-0.4, -0.2) is 17.0 Å². The van der Waals surface area contributed by atoms with Gasteiger partial charge in [-0.05, 0) is 41.8 Å². The van der Waals surface area contributed by atoms with E-state index in [0.717, 1.165) is 38.7 Å². The van der Waals surface area contributed by atoms with E-state index in [4.69, 9.17) is 23.2 Å². The molecule has 0 N–H and O–H groups in total. The lowest BCUT2D eigenvalue weighted by molar-refractivity contribution is 0.901. The van der Waals surface area contributed by atoms with Crippen molar-refractivity contribution in [1.82, 2.24) is 9.97 Å². The fraction of sp³-hybridized carbons (Fsp3) is 0.143. The van der Waals surface area contributed by atoms with Crippen LogP contribution >= 0.6 is 34.5 Å². The minimum absolute atomic E-state index is 0.265. The zero-order chi connectivity index (χ0) is 19.0. The summed E-state index contributed by atoms with van der Waals surface area (Å²) in [7, 11) is 2.03. The van der Waals surface area contributed by atoms with Crippen molar-refractivity contribution < 1.29 is 0 Å². The van der Waals surface area contributed by atoms with Crippen molar-refractivity contribution in [2.24, 2.45) is 0 Å². The first-order valence-corrected chi connectivity index (χ1v) is 10.1. The van der Waals surface area contributed by atoms with E-state index in [-0.39, 0.29) is 5.28 Å². The lowest BCUT2D eigenvalue weighted by Crippen LogP contribution is -2.18. The Morgan fingerprint density at radius 3 is 2.37 bits per heavy atom. The lowest BCUT2D eigenvalue weighted by Gasteiger charge is -2.20. The van der Waals surface area contributed by atoms with Crippen LogP contribution in [0.5, 0.6) is 0 Å². The first kappa shape index (κ1) is 18.2. The average Bonchev–Trinajstić information content (AvgIpc) is 2.98. The Labute approximate surface area is 172 Å². The Kier molecular flexibility index (Phi) is 5.04. The summed E-state index contributed by atoms with van der Waals surface area (Å²) in [6.45, 7) is 2.84. The molecular formula is C21H17Cl2N3S. The van der Waals surface area contributed by atoms with Crippen molar-refractivity contribution in [2.45, 2.75) is 13.5 Å². The summed E-state index contributed by atoms with van der Waals surface area (Å²) in [5, 5.41) is 2.01. The van der Waals surface area contributed by atoms with Gasteiger partial charge in [0, 0.05) is 29.1 Å². The zero-order valence-corrected chi connectivity index (χ0v) is 17.2. The number of hydrogen-bond acceptors (Lipinski definition) is 4. The first-order valence-electron chi connectivity index (χ1n) is 8.50. The van der Waals surface area contributed by atoms with E-state index in [0.29, 0.717) is 0 Å². The first-order chi connectivity index (χ1) is 13.0. The molecule has 0 amide bonds. The van der Waals surface area contributed by atoms with Gasteiger partial charge in [-0.15, -0.1) is 11.3 Å². The molecule has 0 saturated heterocycles. The molecule has 0 unspecified atom stereocenters. The van der Waals surface area contributed by atoms with Gasteiger partial charge in [-0.25, -0.2) is 4.98 Å². The van der Waals surface area contributed by atoms with Gasteiger partial charge in [0.25, 0.3) is 0 Å². The molecule has 0 atom stereocenters. The molecule has 0 spiro atoms. The summed E-state index contributed by atoms with van der Waals surface area (Å²) >= 11 is 14.0. The third kappa shape index (κ3) is 3.65. The highest BCUT2D eigenvalue weighted by molar-refractivity contribution is 7.19. The van der Waals surface area contributed by atoms with Crippen molar-refractivity contribution in [3.05, 3.63) is 75.3 Å². The molecule has 4 rings (SSSR count). The van der Waals surface area contributed by atoms with Gasteiger partial charge in [-0.2, -0.15) is 4.98 Å². The summed E-state index contributed by atoms with van der Waals surface area (Å²) in [6, 6.07) is 18.2. The number of anilines is 1. The van der Waals surface area contributed by atoms with Gasteiger partial charge in [0.1, 0.15) is 10.6 Å². The Morgan fingerprint density at radius 2 is 1.67 bits per heavy atom.